The van der Waals surface area contributed by atoms with E-state index in [1.807, 2.05) is 0 Å². The van der Waals surface area contributed by atoms with E-state index in [0.29, 0.717) is 5.01 Å². The van der Waals surface area contributed by atoms with Crippen molar-refractivity contribution < 1.29 is 10.2 Å². The Hall–Kier alpha value is -0.200. The average Bonchev–Trinajstić information content (AvgIpc) is 2.52. The number of thiazole rings is 1. The molecule has 0 aliphatic heterocycles. The maximum Gasteiger partial charge on any atom is 0.118 e. The minimum absolute atomic E-state index is 0. The molecule has 4 N–H and O–H groups in total. The van der Waals surface area contributed by atoms with Gasteiger partial charge in [-0.1, -0.05) is 0 Å². The first-order valence-corrected chi connectivity index (χ1v) is 4.37. The number of nitrogens with two attached hydrogens (primary N) is 1. The highest BCUT2D eigenvalue weighted by Crippen LogP contribution is 2.23. The monoisotopic (exact) mass is 224 g/mol. The van der Waals surface area contributed by atoms with Crippen LogP contribution in [-0.2, 0) is 12.1 Å². The lowest BCUT2D eigenvalue weighted by Gasteiger charge is -2.18. The summed E-state index contributed by atoms with van der Waals surface area (Å²) in [6, 6.07) is 0. The van der Waals surface area contributed by atoms with Crippen LogP contribution in [-0.4, -0.2) is 21.8 Å². The van der Waals surface area contributed by atoms with Gasteiger partial charge in [0, 0.05) is 11.1 Å². The number of halogens is 1. The molecule has 0 bridgehead atoms. The van der Waals surface area contributed by atoms with Crippen molar-refractivity contribution in [2.75, 3.05) is 6.61 Å². The minimum atomic E-state index is -0.745. The van der Waals surface area contributed by atoms with Crippen molar-refractivity contribution in [3.63, 3.8) is 0 Å². The van der Waals surface area contributed by atoms with Crippen LogP contribution in [0.5, 0.6) is 0 Å². The fourth-order valence-electron chi connectivity index (χ4n) is 0.725. The molecule has 1 aromatic rings. The van der Waals surface area contributed by atoms with Gasteiger partial charge >= 0.3 is 0 Å². The van der Waals surface area contributed by atoms with E-state index in [2.05, 4.69) is 4.98 Å². The van der Waals surface area contributed by atoms with Crippen LogP contribution in [0.2, 0.25) is 0 Å². The Kier molecular flexibility index (Phi) is 4.80. The zero-order chi connectivity index (χ0) is 9.19. The van der Waals surface area contributed by atoms with Crippen molar-refractivity contribution in [3.05, 3.63) is 16.1 Å². The van der Waals surface area contributed by atoms with Crippen LogP contribution in [0, 0.1) is 0 Å². The van der Waals surface area contributed by atoms with Gasteiger partial charge in [-0.25, -0.2) is 4.98 Å². The highest BCUT2D eigenvalue weighted by Gasteiger charge is 2.22. The van der Waals surface area contributed by atoms with E-state index in [1.54, 1.807) is 13.1 Å². The van der Waals surface area contributed by atoms with Crippen LogP contribution in [0.15, 0.2) is 6.20 Å². The van der Waals surface area contributed by atoms with Crippen LogP contribution in [0.3, 0.4) is 0 Å². The molecule has 0 spiro atoms. The van der Waals surface area contributed by atoms with Crippen LogP contribution < -0.4 is 5.73 Å². The summed E-state index contributed by atoms with van der Waals surface area (Å²) in [4.78, 5) is 4.71. The third-order valence-electron chi connectivity index (χ3n) is 1.58. The lowest BCUT2D eigenvalue weighted by Crippen LogP contribution is -2.35. The standard InChI is InChI=1S/C7H12N2O2S.ClH/c1-7(8,4-11)5-2-9-6(3-10)12-5;/h2,10-11H,3-4,8H2,1H3;1H/t7-;/m0./s1. The van der Waals surface area contributed by atoms with Crippen molar-refractivity contribution in [1.82, 2.24) is 4.98 Å². The van der Waals surface area contributed by atoms with Gasteiger partial charge < -0.3 is 15.9 Å². The molecule has 0 unspecified atom stereocenters. The summed E-state index contributed by atoms with van der Waals surface area (Å²) < 4.78 is 0. The van der Waals surface area contributed by atoms with E-state index >= 15 is 0 Å². The van der Waals surface area contributed by atoms with Gasteiger partial charge in [-0.3, -0.25) is 0 Å². The predicted molar refractivity (Wildman–Crippen MR) is 53.9 cm³/mol. The van der Waals surface area contributed by atoms with Gasteiger partial charge in [0.2, 0.25) is 0 Å². The van der Waals surface area contributed by atoms with Gasteiger partial charge in [0.15, 0.2) is 0 Å². The molecule has 0 radical (unpaired) electrons. The van der Waals surface area contributed by atoms with Gasteiger partial charge in [0.1, 0.15) is 5.01 Å². The number of rotatable bonds is 3. The molecular formula is C7H13ClN2O2S. The van der Waals surface area contributed by atoms with E-state index in [-0.39, 0.29) is 25.6 Å². The fourth-order valence-corrected chi connectivity index (χ4v) is 1.55. The lowest BCUT2D eigenvalue weighted by atomic mass is 10.1. The molecule has 4 nitrogen and oxygen atoms in total. The average molecular weight is 225 g/mol. The number of aromatic nitrogens is 1. The SMILES string of the molecule is C[C@](N)(CO)c1cnc(CO)s1.Cl. The number of aliphatic hydroxyl groups is 2. The quantitative estimate of drug-likeness (QED) is 0.687. The van der Waals surface area contributed by atoms with Crippen LogP contribution in [0.1, 0.15) is 16.8 Å². The van der Waals surface area contributed by atoms with Crippen LogP contribution in [0.25, 0.3) is 0 Å². The van der Waals surface area contributed by atoms with Crippen LogP contribution in [0.4, 0.5) is 0 Å². The van der Waals surface area contributed by atoms with Gasteiger partial charge in [0.05, 0.1) is 18.8 Å². The van der Waals surface area contributed by atoms with Crippen molar-refractivity contribution in [1.29, 1.82) is 0 Å². The maximum atomic E-state index is 8.92. The Balaban J connectivity index is 0.00000144. The Morgan fingerprint density at radius 2 is 2.23 bits per heavy atom. The molecule has 0 fully saturated rings. The molecule has 0 aromatic carbocycles. The number of nitrogens with zero attached hydrogens (tertiary/aromatic N) is 1. The summed E-state index contributed by atoms with van der Waals surface area (Å²) >= 11 is 1.32. The maximum absolute atomic E-state index is 8.92. The lowest BCUT2D eigenvalue weighted by molar-refractivity contribution is 0.212. The molecule has 1 aromatic heterocycles. The van der Waals surface area contributed by atoms with E-state index in [4.69, 9.17) is 15.9 Å². The Bertz CT molecular complexity index is 265. The Morgan fingerprint density at radius 3 is 2.62 bits per heavy atom. The summed E-state index contributed by atoms with van der Waals surface area (Å²) in [6.45, 7) is 1.52. The smallest absolute Gasteiger partial charge is 0.118 e. The summed E-state index contributed by atoms with van der Waals surface area (Å²) in [5.41, 5.74) is 5.00. The molecule has 13 heavy (non-hydrogen) atoms. The molecule has 0 aliphatic carbocycles. The van der Waals surface area contributed by atoms with E-state index in [0.717, 1.165) is 4.88 Å². The van der Waals surface area contributed by atoms with Crippen molar-refractivity contribution >= 4 is 23.7 Å². The summed E-state index contributed by atoms with van der Waals surface area (Å²) in [7, 11) is 0. The molecule has 0 aliphatic rings. The molecule has 1 atom stereocenters. The molecule has 0 saturated carbocycles. The highest BCUT2D eigenvalue weighted by molar-refractivity contribution is 7.11. The molecule has 76 valence electrons. The number of hydrogen-bond acceptors (Lipinski definition) is 5. The normalized spacial score (nSPS) is 14.8. The highest BCUT2D eigenvalue weighted by atomic mass is 35.5. The Labute approximate surface area is 86.8 Å². The second-order valence-electron chi connectivity index (χ2n) is 2.85. The van der Waals surface area contributed by atoms with E-state index < -0.39 is 5.54 Å². The molecule has 6 heteroatoms. The minimum Gasteiger partial charge on any atom is -0.394 e. The van der Waals surface area contributed by atoms with Gasteiger partial charge in [-0.05, 0) is 6.92 Å². The molecule has 0 saturated heterocycles. The van der Waals surface area contributed by atoms with Crippen molar-refractivity contribution in [3.8, 4) is 0 Å². The first-order chi connectivity index (χ1) is 5.60. The van der Waals surface area contributed by atoms with Crippen LogP contribution >= 0.6 is 23.7 Å². The first-order valence-electron chi connectivity index (χ1n) is 3.56. The molecule has 0 amide bonds. The molecule has 1 heterocycles. The molecular weight excluding hydrogens is 212 g/mol. The van der Waals surface area contributed by atoms with Gasteiger partial charge in [-0.15, -0.1) is 23.7 Å². The zero-order valence-corrected chi connectivity index (χ0v) is 8.86. The van der Waals surface area contributed by atoms with E-state index in [1.165, 1.54) is 11.3 Å². The number of aliphatic hydroxyl groups excluding tert-OH is 2. The second-order valence-corrected chi connectivity index (χ2v) is 3.97. The summed E-state index contributed by atoms with van der Waals surface area (Å²) in [6.07, 6.45) is 1.59. The summed E-state index contributed by atoms with van der Waals surface area (Å²) in [5, 5.41) is 18.3. The Morgan fingerprint density at radius 1 is 1.62 bits per heavy atom. The largest absolute Gasteiger partial charge is 0.394 e. The topological polar surface area (TPSA) is 79.4 Å². The fraction of sp³-hybridized carbons (Fsp3) is 0.571. The second kappa shape index (κ2) is 4.88. The van der Waals surface area contributed by atoms with Gasteiger partial charge in [0.25, 0.3) is 0 Å². The molecule has 1 rings (SSSR count). The number of hydrogen-bond donors (Lipinski definition) is 3. The summed E-state index contributed by atoms with van der Waals surface area (Å²) in [5.74, 6) is 0. The van der Waals surface area contributed by atoms with Crippen molar-refractivity contribution in [2.45, 2.75) is 19.1 Å². The first kappa shape index (κ1) is 12.8. The third kappa shape index (κ3) is 2.89. The third-order valence-corrected chi connectivity index (χ3v) is 2.84. The van der Waals surface area contributed by atoms with Crippen molar-refractivity contribution in [2.24, 2.45) is 5.73 Å². The predicted octanol–water partition coefficient (Wildman–Crippen LogP) is 0.223. The van der Waals surface area contributed by atoms with E-state index in [9.17, 15) is 0 Å². The van der Waals surface area contributed by atoms with Gasteiger partial charge in [-0.2, -0.15) is 0 Å². The zero-order valence-electron chi connectivity index (χ0n) is 7.23.